The average molecular weight is 273 g/mol. The van der Waals surface area contributed by atoms with Crippen molar-refractivity contribution in [2.75, 3.05) is 13.7 Å². The molecule has 1 aromatic heterocycles. The molecule has 0 fully saturated rings. The second-order valence-electron chi connectivity index (χ2n) is 5.30. The summed E-state index contributed by atoms with van der Waals surface area (Å²) in [6, 6.07) is 6.45. The van der Waals surface area contributed by atoms with E-state index in [0.717, 1.165) is 37.6 Å². The third-order valence-electron chi connectivity index (χ3n) is 3.41. The van der Waals surface area contributed by atoms with Gasteiger partial charge < -0.3 is 9.26 Å². The number of hydrogen-bond donors (Lipinski definition) is 0. The SMILES string of the molecule is Cc1nc(CN(C)Cc2ccc3c(c2)CCCO3)no1. The molecule has 0 N–H and O–H groups in total. The molecule has 0 amide bonds. The molecule has 5 nitrogen and oxygen atoms in total. The fourth-order valence-corrected chi connectivity index (χ4v) is 2.53. The van der Waals surface area contributed by atoms with Crippen LogP contribution in [0.4, 0.5) is 0 Å². The normalized spacial score (nSPS) is 14.2. The second-order valence-corrected chi connectivity index (χ2v) is 5.30. The maximum atomic E-state index is 5.64. The molecule has 0 saturated carbocycles. The molecule has 0 unspecified atom stereocenters. The van der Waals surface area contributed by atoms with Crippen molar-refractivity contribution in [1.29, 1.82) is 0 Å². The van der Waals surface area contributed by atoms with E-state index in [1.54, 1.807) is 6.92 Å². The van der Waals surface area contributed by atoms with Crippen molar-refractivity contribution in [1.82, 2.24) is 15.0 Å². The molecular formula is C15H19N3O2. The number of aryl methyl sites for hydroxylation is 2. The van der Waals surface area contributed by atoms with E-state index in [-0.39, 0.29) is 0 Å². The van der Waals surface area contributed by atoms with Crippen molar-refractivity contribution in [3.05, 3.63) is 41.0 Å². The molecule has 5 heteroatoms. The number of rotatable bonds is 4. The molecule has 20 heavy (non-hydrogen) atoms. The van der Waals surface area contributed by atoms with E-state index in [1.807, 2.05) is 0 Å². The Labute approximate surface area is 118 Å². The second kappa shape index (κ2) is 5.63. The van der Waals surface area contributed by atoms with Crippen molar-refractivity contribution >= 4 is 0 Å². The van der Waals surface area contributed by atoms with Gasteiger partial charge in [-0.3, -0.25) is 4.90 Å². The highest BCUT2D eigenvalue weighted by Crippen LogP contribution is 2.26. The first-order valence-corrected chi connectivity index (χ1v) is 6.93. The van der Waals surface area contributed by atoms with E-state index >= 15 is 0 Å². The van der Waals surface area contributed by atoms with Crippen LogP contribution in [0.3, 0.4) is 0 Å². The summed E-state index contributed by atoms with van der Waals surface area (Å²) < 4.78 is 10.6. The standard InChI is InChI=1S/C15H19N3O2/c1-11-16-15(17-20-11)10-18(2)9-12-5-6-14-13(8-12)4-3-7-19-14/h5-6,8H,3-4,7,9-10H2,1-2H3. The van der Waals surface area contributed by atoms with Gasteiger partial charge in [0.1, 0.15) is 5.75 Å². The fraction of sp³-hybridized carbons (Fsp3) is 0.467. The van der Waals surface area contributed by atoms with Crippen LogP contribution < -0.4 is 4.74 Å². The maximum absolute atomic E-state index is 5.64. The number of aromatic nitrogens is 2. The highest BCUT2D eigenvalue weighted by Gasteiger charge is 2.12. The predicted molar refractivity (Wildman–Crippen MR) is 74.5 cm³/mol. The summed E-state index contributed by atoms with van der Waals surface area (Å²) in [5.74, 6) is 2.38. The molecule has 106 valence electrons. The number of fused-ring (bicyclic) bond motifs is 1. The van der Waals surface area contributed by atoms with Crippen LogP contribution in [0.2, 0.25) is 0 Å². The predicted octanol–water partition coefficient (Wildman–Crippen LogP) is 2.34. The molecule has 1 aliphatic heterocycles. The maximum Gasteiger partial charge on any atom is 0.223 e. The summed E-state index contributed by atoms with van der Waals surface area (Å²) in [5.41, 5.74) is 2.61. The van der Waals surface area contributed by atoms with Crippen LogP contribution in [0.1, 0.15) is 29.3 Å². The summed E-state index contributed by atoms with van der Waals surface area (Å²) in [6.07, 6.45) is 2.21. The first-order chi connectivity index (χ1) is 9.70. The van der Waals surface area contributed by atoms with Crippen LogP contribution in [-0.4, -0.2) is 28.7 Å². The minimum absolute atomic E-state index is 0.610. The minimum atomic E-state index is 0.610. The summed E-state index contributed by atoms with van der Waals surface area (Å²) in [5, 5.41) is 3.92. The Morgan fingerprint density at radius 3 is 3.00 bits per heavy atom. The van der Waals surface area contributed by atoms with E-state index in [9.17, 15) is 0 Å². The van der Waals surface area contributed by atoms with Gasteiger partial charge in [0.2, 0.25) is 5.89 Å². The molecule has 0 atom stereocenters. The Kier molecular flexibility index (Phi) is 3.69. The topological polar surface area (TPSA) is 51.4 Å². The molecule has 1 aromatic carbocycles. The molecule has 3 rings (SSSR count). The number of ether oxygens (including phenoxy) is 1. The highest BCUT2D eigenvalue weighted by atomic mass is 16.5. The summed E-state index contributed by atoms with van der Waals surface area (Å²) in [6.45, 7) is 4.19. The van der Waals surface area contributed by atoms with Crippen molar-refractivity contribution in [3.63, 3.8) is 0 Å². The molecule has 1 aliphatic rings. The van der Waals surface area contributed by atoms with Gasteiger partial charge in [0.15, 0.2) is 5.82 Å². The van der Waals surface area contributed by atoms with E-state index in [0.29, 0.717) is 12.4 Å². The quantitative estimate of drug-likeness (QED) is 0.855. The number of benzene rings is 1. The lowest BCUT2D eigenvalue weighted by Gasteiger charge is -2.20. The number of hydrogen-bond acceptors (Lipinski definition) is 5. The van der Waals surface area contributed by atoms with Crippen LogP contribution >= 0.6 is 0 Å². The van der Waals surface area contributed by atoms with Crippen LogP contribution in [0.5, 0.6) is 5.75 Å². The average Bonchev–Trinajstić information content (AvgIpc) is 2.83. The van der Waals surface area contributed by atoms with E-state index in [1.165, 1.54) is 11.1 Å². The van der Waals surface area contributed by atoms with Gasteiger partial charge in [0.25, 0.3) is 0 Å². The van der Waals surface area contributed by atoms with Gasteiger partial charge in [-0.2, -0.15) is 4.98 Å². The van der Waals surface area contributed by atoms with Crippen molar-refractivity contribution in [2.45, 2.75) is 32.9 Å². The van der Waals surface area contributed by atoms with Gasteiger partial charge in [-0.15, -0.1) is 0 Å². The van der Waals surface area contributed by atoms with Crippen molar-refractivity contribution in [2.24, 2.45) is 0 Å². The molecule has 0 spiro atoms. The first kappa shape index (κ1) is 13.1. The zero-order chi connectivity index (χ0) is 13.9. The van der Waals surface area contributed by atoms with E-state index < -0.39 is 0 Å². The first-order valence-electron chi connectivity index (χ1n) is 6.93. The van der Waals surface area contributed by atoms with Crippen molar-refractivity contribution in [3.8, 4) is 5.75 Å². The summed E-state index contributed by atoms with van der Waals surface area (Å²) in [7, 11) is 2.06. The van der Waals surface area contributed by atoms with Gasteiger partial charge >= 0.3 is 0 Å². The lowest BCUT2D eigenvalue weighted by Crippen LogP contribution is -2.18. The molecule has 0 radical (unpaired) electrons. The Balaban J connectivity index is 1.65. The largest absolute Gasteiger partial charge is 0.493 e. The molecule has 0 saturated heterocycles. The van der Waals surface area contributed by atoms with Crippen LogP contribution in [-0.2, 0) is 19.5 Å². The summed E-state index contributed by atoms with van der Waals surface area (Å²) >= 11 is 0. The number of nitrogens with zero attached hydrogens (tertiary/aromatic N) is 3. The van der Waals surface area contributed by atoms with E-state index in [4.69, 9.17) is 9.26 Å². The van der Waals surface area contributed by atoms with Crippen LogP contribution in [0.25, 0.3) is 0 Å². The smallest absolute Gasteiger partial charge is 0.223 e. The lowest BCUT2D eigenvalue weighted by atomic mass is 10.0. The third kappa shape index (κ3) is 2.99. The Morgan fingerprint density at radius 1 is 1.30 bits per heavy atom. The Morgan fingerprint density at radius 2 is 2.20 bits per heavy atom. The lowest BCUT2D eigenvalue weighted by molar-refractivity contribution is 0.285. The fourth-order valence-electron chi connectivity index (χ4n) is 2.53. The molecule has 0 aliphatic carbocycles. The highest BCUT2D eigenvalue weighted by molar-refractivity contribution is 5.38. The zero-order valence-corrected chi connectivity index (χ0v) is 11.9. The Bertz CT molecular complexity index is 595. The van der Waals surface area contributed by atoms with Gasteiger partial charge in [-0.1, -0.05) is 17.3 Å². The van der Waals surface area contributed by atoms with Crippen LogP contribution in [0, 0.1) is 6.92 Å². The van der Waals surface area contributed by atoms with Crippen molar-refractivity contribution < 1.29 is 9.26 Å². The molecule has 2 heterocycles. The molecule has 0 bridgehead atoms. The minimum Gasteiger partial charge on any atom is -0.493 e. The molecule has 2 aromatic rings. The van der Waals surface area contributed by atoms with Gasteiger partial charge in [-0.05, 0) is 37.1 Å². The van der Waals surface area contributed by atoms with Gasteiger partial charge in [0, 0.05) is 13.5 Å². The zero-order valence-electron chi connectivity index (χ0n) is 11.9. The summed E-state index contributed by atoms with van der Waals surface area (Å²) in [4.78, 5) is 6.40. The monoisotopic (exact) mass is 273 g/mol. The Hall–Kier alpha value is -1.88. The van der Waals surface area contributed by atoms with Gasteiger partial charge in [0.05, 0.1) is 13.2 Å². The van der Waals surface area contributed by atoms with Gasteiger partial charge in [-0.25, -0.2) is 0 Å². The molecular weight excluding hydrogens is 254 g/mol. The van der Waals surface area contributed by atoms with Crippen LogP contribution in [0.15, 0.2) is 22.7 Å². The third-order valence-corrected chi connectivity index (χ3v) is 3.41. The van der Waals surface area contributed by atoms with E-state index in [2.05, 4.69) is 40.3 Å².